The molecule has 1 unspecified atom stereocenters. The van der Waals surface area contributed by atoms with Crippen LogP contribution < -0.4 is 0 Å². The van der Waals surface area contributed by atoms with Crippen LogP contribution in [0, 0.1) is 35.5 Å². The molecular formula is C49H84O17. The molecule has 7 saturated heterocycles. The summed E-state index contributed by atoms with van der Waals surface area (Å²) < 4.78 is 84.8. The van der Waals surface area contributed by atoms with Crippen LogP contribution in [0.4, 0.5) is 0 Å². The molecule has 1 spiro atoms. The Morgan fingerprint density at radius 3 is 1.95 bits per heavy atom. The molecule has 0 bridgehead atoms. The van der Waals surface area contributed by atoms with Gasteiger partial charge in [0.05, 0.1) is 79.4 Å². The van der Waals surface area contributed by atoms with Gasteiger partial charge in [-0.25, -0.2) is 0 Å². The van der Waals surface area contributed by atoms with E-state index in [2.05, 4.69) is 27.7 Å². The molecule has 0 aliphatic carbocycles. The van der Waals surface area contributed by atoms with Crippen molar-refractivity contribution in [2.24, 2.45) is 35.5 Å². The fraction of sp³-hybridized carbons (Fsp3) is 0.980. The third kappa shape index (κ3) is 8.96. The number of aliphatic hydroxyl groups is 2. The van der Waals surface area contributed by atoms with Crippen molar-refractivity contribution in [3.05, 3.63) is 0 Å². The Hall–Kier alpha value is -1.13. The summed E-state index contributed by atoms with van der Waals surface area (Å²) in [6, 6.07) is 0. The molecule has 7 fully saturated rings. The van der Waals surface area contributed by atoms with Crippen molar-refractivity contribution in [2.75, 3.05) is 35.5 Å². The summed E-state index contributed by atoms with van der Waals surface area (Å²) in [4.78, 5) is 12.6. The first-order valence-corrected chi connectivity index (χ1v) is 24.7. The lowest BCUT2D eigenvalue weighted by molar-refractivity contribution is -0.398. The van der Waals surface area contributed by atoms with Gasteiger partial charge in [-0.3, -0.25) is 4.79 Å². The van der Waals surface area contributed by atoms with Crippen LogP contribution in [-0.4, -0.2) is 171 Å². The average molecular weight is 945 g/mol. The van der Waals surface area contributed by atoms with E-state index in [1.165, 1.54) is 6.92 Å². The number of ether oxygens (including phenoxy) is 13. The van der Waals surface area contributed by atoms with E-state index in [-0.39, 0.29) is 85.0 Å². The van der Waals surface area contributed by atoms with Gasteiger partial charge in [-0.05, 0) is 66.7 Å². The van der Waals surface area contributed by atoms with Crippen molar-refractivity contribution in [2.45, 2.75) is 235 Å². The van der Waals surface area contributed by atoms with E-state index in [0.29, 0.717) is 25.7 Å². The van der Waals surface area contributed by atoms with Crippen LogP contribution in [0.3, 0.4) is 0 Å². The van der Waals surface area contributed by atoms with Crippen LogP contribution in [0.5, 0.6) is 0 Å². The fourth-order valence-corrected chi connectivity index (χ4v) is 13.5. The molecule has 0 saturated carbocycles. The SMILES string of the molecule is CO[C@H]1[C@H](C)[C@@H]([C@H]2CC[C@H]([C@@H]3CC[C@H]([C@@]4(C)O[C@]5(OC(C[C@@H]6O[C@](O)([C@@H](C)C(=O)O)[C@@H](C)[C@H](O[C@@H]7CC[C@H](OC)[C@@H](C)O7)[C@@]6(C)OC)C[C@@H](OC)[C@H]5C)[C@H](C)[C@H]4OC)O3)O2)O[C@](C)(O)[C@@H]1C. The molecule has 0 aromatic carbocycles. The third-order valence-electron chi connectivity index (χ3n) is 17.9. The Bertz CT molecular complexity index is 1650. The molecule has 7 rings (SSSR count). The largest absolute Gasteiger partial charge is 0.481 e. The van der Waals surface area contributed by atoms with E-state index < -0.39 is 77.1 Å². The second-order valence-corrected chi connectivity index (χ2v) is 21.5. The van der Waals surface area contributed by atoms with Crippen molar-refractivity contribution in [1.29, 1.82) is 0 Å². The van der Waals surface area contributed by atoms with Crippen molar-refractivity contribution in [3.8, 4) is 0 Å². The Morgan fingerprint density at radius 2 is 1.35 bits per heavy atom. The first-order chi connectivity index (χ1) is 31.0. The zero-order valence-electron chi connectivity index (χ0n) is 42.3. The maximum absolute atomic E-state index is 12.6. The quantitative estimate of drug-likeness (QED) is 0.205. The molecule has 7 aliphatic heterocycles. The van der Waals surface area contributed by atoms with Crippen LogP contribution in [0.25, 0.3) is 0 Å². The average Bonchev–Trinajstić information content (AvgIpc) is 4.02. The van der Waals surface area contributed by atoms with Gasteiger partial charge in [-0.2, -0.15) is 0 Å². The lowest BCUT2D eigenvalue weighted by Gasteiger charge is -2.57. The number of rotatable bonds is 14. The first kappa shape index (κ1) is 52.7. The van der Waals surface area contributed by atoms with Gasteiger partial charge in [0.1, 0.15) is 17.1 Å². The molecule has 17 nitrogen and oxygen atoms in total. The lowest BCUT2D eigenvalue weighted by atomic mass is 9.71. The highest BCUT2D eigenvalue weighted by Gasteiger charge is 2.70. The molecule has 7 aliphatic rings. The molecule has 382 valence electrons. The predicted molar refractivity (Wildman–Crippen MR) is 237 cm³/mol. The summed E-state index contributed by atoms with van der Waals surface area (Å²) in [6.07, 6.45) is -0.571. The number of carbonyl (C=O) groups is 1. The Kier molecular flexibility index (Phi) is 15.8. The van der Waals surface area contributed by atoms with Gasteiger partial charge in [0.2, 0.25) is 0 Å². The number of methoxy groups -OCH3 is 5. The molecule has 7 heterocycles. The van der Waals surface area contributed by atoms with E-state index in [4.69, 9.17) is 61.6 Å². The summed E-state index contributed by atoms with van der Waals surface area (Å²) in [6.45, 7) is 19.0. The van der Waals surface area contributed by atoms with Gasteiger partial charge in [0.25, 0.3) is 0 Å². The zero-order chi connectivity index (χ0) is 48.5. The monoisotopic (exact) mass is 945 g/mol. The predicted octanol–water partition coefficient (Wildman–Crippen LogP) is 5.22. The van der Waals surface area contributed by atoms with Crippen molar-refractivity contribution < 1.29 is 81.7 Å². The minimum atomic E-state index is -2.14. The third-order valence-corrected chi connectivity index (χ3v) is 17.9. The van der Waals surface area contributed by atoms with E-state index in [0.717, 1.165) is 19.3 Å². The fourth-order valence-electron chi connectivity index (χ4n) is 13.5. The van der Waals surface area contributed by atoms with Gasteiger partial charge >= 0.3 is 5.97 Å². The molecule has 25 atom stereocenters. The van der Waals surface area contributed by atoms with Crippen LogP contribution in [0.2, 0.25) is 0 Å². The smallest absolute Gasteiger partial charge is 0.311 e. The second kappa shape index (κ2) is 19.8. The van der Waals surface area contributed by atoms with E-state index in [9.17, 15) is 20.1 Å². The minimum Gasteiger partial charge on any atom is -0.481 e. The minimum absolute atomic E-state index is 0.0184. The van der Waals surface area contributed by atoms with E-state index in [1.54, 1.807) is 49.4 Å². The first-order valence-electron chi connectivity index (χ1n) is 24.7. The van der Waals surface area contributed by atoms with Crippen LogP contribution in [0.15, 0.2) is 0 Å². The topological polar surface area (TPSA) is 198 Å². The number of carboxylic acid groups (broad SMARTS) is 1. The van der Waals surface area contributed by atoms with Gasteiger partial charge in [-0.1, -0.05) is 34.6 Å². The molecule has 17 heteroatoms. The van der Waals surface area contributed by atoms with E-state index in [1.807, 2.05) is 20.8 Å². The van der Waals surface area contributed by atoms with Gasteiger partial charge in [-0.15, -0.1) is 0 Å². The highest BCUT2D eigenvalue weighted by molar-refractivity contribution is 5.70. The van der Waals surface area contributed by atoms with Crippen LogP contribution >= 0.6 is 0 Å². The molecule has 0 radical (unpaired) electrons. The molecule has 0 aromatic rings. The number of hydrogen-bond donors (Lipinski definition) is 3. The highest BCUT2D eigenvalue weighted by atomic mass is 16.7. The zero-order valence-corrected chi connectivity index (χ0v) is 42.3. The summed E-state index contributed by atoms with van der Waals surface area (Å²) in [5.74, 6) is -8.79. The number of hydrogen-bond acceptors (Lipinski definition) is 16. The van der Waals surface area contributed by atoms with Gasteiger partial charge < -0.3 is 76.9 Å². The van der Waals surface area contributed by atoms with Crippen LogP contribution in [0.1, 0.15) is 121 Å². The second-order valence-electron chi connectivity index (χ2n) is 21.5. The number of aliphatic carboxylic acids is 1. The van der Waals surface area contributed by atoms with Crippen molar-refractivity contribution >= 4 is 5.97 Å². The molecular weight excluding hydrogens is 861 g/mol. The molecule has 0 amide bonds. The van der Waals surface area contributed by atoms with Gasteiger partial charge in [0.15, 0.2) is 23.7 Å². The van der Waals surface area contributed by atoms with Crippen molar-refractivity contribution in [1.82, 2.24) is 0 Å². The standard InChI is InChI=1S/C49H84O17/c1-24-40(56-13)26(3)47(10,52)65-41(24)35-17-16-33(60-35)34-18-20-37(61-34)46(9)42(57-14)28(5)49(66-46)25(2)36(55-12)22-31(63-49)23-38-45(8,58-15)43(27(4)48(53,64-38)29(6)44(50)51)62-39-21-19-32(54-11)30(7)59-39/h24-43,52-53H,16-23H2,1-15H3,(H,50,51)/t24-,25+,26+,27-,28+,29-,30+,31?,32-,33+,34-,35+,36+,37+,38-,39+,40-,41-,42+,43-,45-,46+,47-,48-,49-/m0/s1. The van der Waals surface area contributed by atoms with Gasteiger partial charge in [0, 0.05) is 84.4 Å². The summed E-state index contributed by atoms with van der Waals surface area (Å²) in [7, 11) is 8.31. The summed E-state index contributed by atoms with van der Waals surface area (Å²) in [5.41, 5.74) is -2.14. The molecule has 66 heavy (non-hydrogen) atoms. The Balaban J connectivity index is 1.11. The maximum Gasteiger partial charge on any atom is 0.311 e. The molecule has 3 N–H and O–H groups in total. The van der Waals surface area contributed by atoms with E-state index >= 15 is 0 Å². The van der Waals surface area contributed by atoms with Crippen LogP contribution in [-0.2, 0) is 66.4 Å². The normalized spacial score (nSPS) is 53.9. The Labute approximate surface area is 392 Å². The number of carboxylic acids is 1. The summed E-state index contributed by atoms with van der Waals surface area (Å²) >= 11 is 0. The lowest BCUT2D eigenvalue weighted by Crippen LogP contribution is -2.71. The highest BCUT2D eigenvalue weighted by Crippen LogP contribution is 2.57. The van der Waals surface area contributed by atoms with Crippen molar-refractivity contribution in [3.63, 3.8) is 0 Å². The Morgan fingerprint density at radius 1 is 0.697 bits per heavy atom. The maximum atomic E-state index is 12.6. The summed E-state index contributed by atoms with van der Waals surface area (Å²) in [5, 5.41) is 33.9. The molecule has 0 aromatic heterocycles.